The van der Waals surface area contributed by atoms with E-state index in [0.717, 1.165) is 43.7 Å². The fraction of sp³-hybridized carbons (Fsp3) is 1.00. The molecule has 5 unspecified atom stereocenters. The first-order valence-electron chi connectivity index (χ1n) is 5.79. The first-order chi connectivity index (χ1) is 6.60. The van der Waals surface area contributed by atoms with E-state index in [0.29, 0.717) is 5.92 Å². The van der Waals surface area contributed by atoms with E-state index in [2.05, 4.69) is 6.92 Å². The molecule has 5 atom stereocenters. The van der Waals surface area contributed by atoms with Crippen LogP contribution < -0.4 is 17.2 Å². The van der Waals surface area contributed by atoms with Crippen molar-refractivity contribution in [1.29, 1.82) is 0 Å². The predicted octanol–water partition coefficient (Wildman–Crippen LogP) is 0.284. The van der Waals surface area contributed by atoms with Crippen LogP contribution in [0.2, 0.25) is 0 Å². The van der Waals surface area contributed by atoms with Gasteiger partial charge < -0.3 is 17.2 Å². The maximum Gasteiger partial charge on any atom is 0.0162 e. The third-order valence-electron chi connectivity index (χ3n) is 4.26. The molecule has 2 saturated carbocycles. The number of hydrogen-bond donors (Lipinski definition) is 3. The molecule has 0 spiro atoms. The van der Waals surface area contributed by atoms with E-state index in [1.54, 1.807) is 0 Å². The molecular weight excluding hydrogens is 174 g/mol. The highest BCUT2D eigenvalue weighted by atomic mass is 14.8. The van der Waals surface area contributed by atoms with Crippen LogP contribution in [0.1, 0.15) is 26.2 Å². The Hall–Kier alpha value is -0.120. The van der Waals surface area contributed by atoms with Crippen LogP contribution in [0.4, 0.5) is 0 Å². The fourth-order valence-corrected chi connectivity index (χ4v) is 3.74. The summed E-state index contributed by atoms with van der Waals surface area (Å²) in [5, 5.41) is 0. The monoisotopic (exact) mass is 197 g/mol. The van der Waals surface area contributed by atoms with Crippen LogP contribution in [0, 0.1) is 23.7 Å². The van der Waals surface area contributed by atoms with Crippen molar-refractivity contribution >= 4 is 0 Å². The second-order valence-corrected chi connectivity index (χ2v) is 5.48. The van der Waals surface area contributed by atoms with Gasteiger partial charge in [-0.25, -0.2) is 0 Å². The quantitative estimate of drug-likeness (QED) is 0.608. The molecule has 82 valence electrons. The lowest BCUT2D eigenvalue weighted by molar-refractivity contribution is 0.229. The average molecular weight is 197 g/mol. The normalized spacial score (nSPS) is 51.4. The summed E-state index contributed by atoms with van der Waals surface area (Å²) in [7, 11) is 0. The maximum absolute atomic E-state index is 6.35. The SMILES string of the molecule is CC1(N)CC(CN)CC2C(CCN)C21. The highest BCUT2D eigenvalue weighted by Gasteiger charge is 2.60. The molecule has 3 nitrogen and oxygen atoms in total. The van der Waals surface area contributed by atoms with E-state index in [9.17, 15) is 0 Å². The second-order valence-electron chi connectivity index (χ2n) is 5.48. The summed E-state index contributed by atoms with van der Waals surface area (Å²) in [4.78, 5) is 0. The molecule has 0 heterocycles. The topological polar surface area (TPSA) is 78.1 Å². The van der Waals surface area contributed by atoms with Gasteiger partial charge in [0.05, 0.1) is 0 Å². The number of rotatable bonds is 3. The van der Waals surface area contributed by atoms with Crippen molar-refractivity contribution in [3.63, 3.8) is 0 Å². The molecule has 0 aromatic rings. The van der Waals surface area contributed by atoms with Crippen molar-refractivity contribution in [3.05, 3.63) is 0 Å². The van der Waals surface area contributed by atoms with Gasteiger partial charge in [0.2, 0.25) is 0 Å². The zero-order valence-corrected chi connectivity index (χ0v) is 9.08. The molecule has 0 aliphatic heterocycles. The van der Waals surface area contributed by atoms with Crippen LogP contribution in [0.3, 0.4) is 0 Å². The summed E-state index contributed by atoms with van der Waals surface area (Å²) in [6.45, 7) is 3.80. The van der Waals surface area contributed by atoms with Gasteiger partial charge in [0.15, 0.2) is 0 Å². The molecule has 0 aromatic heterocycles. The molecule has 3 heteroatoms. The minimum absolute atomic E-state index is 0.0206. The summed E-state index contributed by atoms with van der Waals surface area (Å²) >= 11 is 0. The minimum Gasteiger partial charge on any atom is -0.330 e. The van der Waals surface area contributed by atoms with E-state index in [1.165, 1.54) is 6.42 Å². The van der Waals surface area contributed by atoms with Gasteiger partial charge in [0.25, 0.3) is 0 Å². The molecule has 2 aliphatic carbocycles. The summed E-state index contributed by atoms with van der Waals surface area (Å²) < 4.78 is 0. The molecule has 0 saturated heterocycles. The van der Waals surface area contributed by atoms with Crippen molar-refractivity contribution in [2.45, 2.75) is 31.7 Å². The highest BCUT2D eigenvalue weighted by molar-refractivity contribution is 5.12. The van der Waals surface area contributed by atoms with Gasteiger partial charge in [-0.1, -0.05) is 0 Å². The van der Waals surface area contributed by atoms with Crippen molar-refractivity contribution < 1.29 is 0 Å². The molecule has 2 aliphatic rings. The predicted molar refractivity (Wildman–Crippen MR) is 58.5 cm³/mol. The minimum atomic E-state index is 0.0206. The van der Waals surface area contributed by atoms with Crippen LogP contribution in [0.5, 0.6) is 0 Å². The maximum atomic E-state index is 6.35. The van der Waals surface area contributed by atoms with Gasteiger partial charge in [-0.2, -0.15) is 0 Å². The van der Waals surface area contributed by atoms with E-state index in [-0.39, 0.29) is 5.54 Å². The van der Waals surface area contributed by atoms with Crippen LogP contribution in [-0.2, 0) is 0 Å². The third-order valence-corrected chi connectivity index (χ3v) is 4.26. The van der Waals surface area contributed by atoms with Crippen molar-refractivity contribution in [3.8, 4) is 0 Å². The van der Waals surface area contributed by atoms with Crippen molar-refractivity contribution in [2.24, 2.45) is 40.9 Å². The van der Waals surface area contributed by atoms with Gasteiger partial charge >= 0.3 is 0 Å². The Kier molecular flexibility index (Phi) is 2.58. The van der Waals surface area contributed by atoms with Crippen LogP contribution in [0.15, 0.2) is 0 Å². The van der Waals surface area contributed by atoms with Crippen LogP contribution in [-0.4, -0.2) is 18.6 Å². The van der Waals surface area contributed by atoms with Gasteiger partial charge in [0.1, 0.15) is 0 Å². The van der Waals surface area contributed by atoms with Crippen LogP contribution >= 0.6 is 0 Å². The number of fused-ring (bicyclic) bond motifs is 1. The second kappa shape index (κ2) is 3.47. The lowest BCUT2D eigenvalue weighted by Gasteiger charge is -2.34. The smallest absolute Gasteiger partial charge is 0.0162 e. The lowest BCUT2D eigenvalue weighted by Crippen LogP contribution is -2.45. The lowest BCUT2D eigenvalue weighted by atomic mass is 9.77. The standard InChI is InChI=1S/C11H23N3/c1-11(14)5-7(6-13)4-9-8(2-3-12)10(9)11/h7-10H,2-6,12-14H2,1H3. The fourth-order valence-electron chi connectivity index (χ4n) is 3.74. The van der Waals surface area contributed by atoms with Gasteiger partial charge in [-0.15, -0.1) is 0 Å². The molecule has 0 aromatic carbocycles. The summed E-state index contributed by atoms with van der Waals surface area (Å²) in [5.74, 6) is 3.00. The largest absolute Gasteiger partial charge is 0.330 e. The summed E-state index contributed by atoms with van der Waals surface area (Å²) in [6.07, 6.45) is 3.55. The van der Waals surface area contributed by atoms with Gasteiger partial charge in [0, 0.05) is 5.54 Å². The Bertz CT molecular complexity index is 215. The summed E-state index contributed by atoms with van der Waals surface area (Å²) in [5.41, 5.74) is 17.7. The van der Waals surface area contributed by atoms with Crippen molar-refractivity contribution in [1.82, 2.24) is 0 Å². The number of nitrogens with two attached hydrogens (primary N) is 3. The molecule has 0 radical (unpaired) electrons. The number of hydrogen-bond acceptors (Lipinski definition) is 3. The third kappa shape index (κ3) is 1.58. The molecule has 14 heavy (non-hydrogen) atoms. The van der Waals surface area contributed by atoms with E-state index >= 15 is 0 Å². The molecule has 2 fully saturated rings. The highest BCUT2D eigenvalue weighted by Crippen LogP contribution is 2.61. The molecular formula is C11H23N3. The molecule has 0 amide bonds. The van der Waals surface area contributed by atoms with Gasteiger partial charge in [-0.3, -0.25) is 0 Å². The first kappa shape index (κ1) is 10.4. The van der Waals surface area contributed by atoms with Crippen LogP contribution in [0.25, 0.3) is 0 Å². The zero-order chi connectivity index (χ0) is 10.3. The Morgan fingerprint density at radius 3 is 2.64 bits per heavy atom. The van der Waals surface area contributed by atoms with Crippen molar-refractivity contribution in [2.75, 3.05) is 13.1 Å². The molecule has 6 N–H and O–H groups in total. The van der Waals surface area contributed by atoms with E-state index < -0.39 is 0 Å². The Morgan fingerprint density at radius 1 is 1.36 bits per heavy atom. The Balaban J connectivity index is 2.01. The molecule has 0 bridgehead atoms. The Morgan fingerprint density at radius 2 is 2.07 bits per heavy atom. The zero-order valence-electron chi connectivity index (χ0n) is 9.08. The average Bonchev–Trinajstić information content (AvgIpc) is 2.79. The van der Waals surface area contributed by atoms with Gasteiger partial charge in [-0.05, 0) is 62.9 Å². The first-order valence-corrected chi connectivity index (χ1v) is 5.79. The summed E-state index contributed by atoms with van der Waals surface area (Å²) in [6, 6.07) is 0. The van der Waals surface area contributed by atoms with E-state index in [1.807, 2.05) is 0 Å². The molecule has 2 rings (SSSR count). The van der Waals surface area contributed by atoms with E-state index in [4.69, 9.17) is 17.2 Å². The Labute approximate surface area is 86.4 Å².